The van der Waals surface area contributed by atoms with E-state index in [4.69, 9.17) is 16.7 Å². The van der Waals surface area contributed by atoms with Gasteiger partial charge in [0.2, 0.25) is 0 Å². The number of carbonyl (C=O) groups is 1. The van der Waals surface area contributed by atoms with Crippen LogP contribution in [0.5, 0.6) is 0 Å². The highest BCUT2D eigenvalue weighted by Gasteiger charge is 2.20. The molecule has 0 bridgehead atoms. The molecule has 7 heteroatoms. The van der Waals surface area contributed by atoms with Crippen molar-refractivity contribution >= 4 is 28.3 Å². The summed E-state index contributed by atoms with van der Waals surface area (Å²) in [6.45, 7) is 0.697. The molecule has 3 aromatic rings. The van der Waals surface area contributed by atoms with Gasteiger partial charge in [0, 0.05) is 30.1 Å². The van der Waals surface area contributed by atoms with Crippen LogP contribution in [-0.2, 0) is 6.54 Å². The standard InChI is InChI=1S/C19H18ClN3O3/c20-14-8-6-13(7-9-14)12-23(10-3-11-24)19(26)17-15-4-1-2-5-16(15)18(25)22-21-17/h1-2,4-9,24H,3,10-12H2,(H,22,25). The summed E-state index contributed by atoms with van der Waals surface area (Å²) in [7, 11) is 0. The van der Waals surface area contributed by atoms with Gasteiger partial charge in [0.25, 0.3) is 11.5 Å². The monoisotopic (exact) mass is 371 g/mol. The van der Waals surface area contributed by atoms with Crippen LogP contribution >= 0.6 is 11.6 Å². The normalized spacial score (nSPS) is 10.8. The summed E-state index contributed by atoms with van der Waals surface area (Å²) in [6, 6.07) is 14.1. The number of fused-ring (bicyclic) bond motifs is 1. The minimum Gasteiger partial charge on any atom is -0.396 e. The number of aliphatic hydroxyl groups excluding tert-OH is 1. The Morgan fingerprint density at radius 2 is 1.81 bits per heavy atom. The fourth-order valence-corrected chi connectivity index (χ4v) is 2.88. The van der Waals surface area contributed by atoms with Crippen LogP contribution < -0.4 is 5.56 Å². The zero-order chi connectivity index (χ0) is 18.5. The van der Waals surface area contributed by atoms with Crippen LogP contribution in [0.3, 0.4) is 0 Å². The minimum absolute atomic E-state index is 0.0236. The Kier molecular flexibility index (Phi) is 5.65. The van der Waals surface area contributed by atoms with Crippen molar-refractivity contribution in [2.24, 2.45) is 0 Å². The van der Waals surface area contributed by atoms with Crippen molar-refractivity contribution in [3.05, 3.63) is 75.2 Å². The van der Waals surface area contributed by atoms with Crippen LogP contribution in [0.4, 0.5) is 0 Å². The van der Waals surface area contributed by atoms with Crippen molar-refractivity contribution in [3.8, 4) is 0 Å². The molecule has 0 spiro atoms. The molecule has 1 amide bonds. The van der Waals surface area contributed by atoms with E-state index in [9.17, 15) is 9.59 Å². The molecule has 1 heterocycles. The molecule has 3 rings (SSSR count). The van der Waals surface area contributed by atoms with Crippen molar-refractivity contribution in [2.75, 3.05) is 13.2 Å². The van der Waals surface area contributed by atoms with Crippen molar-refractivity contribution in [1.82, 2.24) is 15.1 Å². The summed E-state index contributed by atoms with van der Waals surface area (Å²) in [5.74, 6) is -0.305. The van der Waals surface area contributed by atoms with Gasteiger partial charge in [0.05, 0.1) is 5.39 Å². The molecule has 0 saturated heterocycles. The maximum atomic E-state index is 13.1. The summed E-state index contributed by atoms with van der Waals surface area (Å²) in [5.41, 5.74) is 0.762. The van der Waals surface area contributed by atoms with Gasteiger partial charge in [-0.15, -0.1) is 0 Å². The second-order valence-electron chi connectivity index (χ2n) is 5.88. The van der Waals surface area contributed by atoms with E-state index in [0.717, 1.165) is 5.56 Å². The van der Waals surface area contributed by atoms with E-state index in [0.29, 0.717) is 35.3 Å². The van der Waals surface area contributed by atoms with Crippen LogP contribution in [0, 0.1) is 0 Å². The minimum atomic E-state index is -0.336. The lowest BCUT2D eigenvalue weighted by molar-refractivity contribution is 0.0727. The second kappa shape index (κ2) is 8.12. The Morgan fingerprint density at radius 1 is 1.12 bits per heavy atom. The van der Waals surface area contributed by atoms with E-state index in [2.05, 4.69) is 10.2 Å². The highest BCUT2D eigenvalue weighted by Crippen LogP contribution is 2.17. The number of benzene rings is 2. The molecule has 0 unspecified atom stereocenters. The average molecular weight is 372 g/mol. The molecule has 0 fully saturated rings. The van der Waals surface area contributed by atoms with E-state index in [1.54, 1.807) is 41.3 Å². The SMILES string of the molecule is O=C(c1n[nH]c(=O)c2ccccc12)N(CCCO)Cc1ccc(Cl)cc1. The Balaban J connectivity index is 1.96. The Morgan fingerprint density at radius 3 is 2.50 bits per heavy atom. The predicted octanol–water partition coefficient (Wildman–Crippen LogP) is 2.60. The summed E-state index contributed by atoms with van der Waals surface area (Å²) < 4.78 is 0. The third-order valence-corrected chi connectivity index (χ3v) is 4.31. The van der Waals surface area contributed by atoms with Gasteiger partial charge >= 0.3 is 0 Å². The van der Waals surface area contributed by atoms with Crippen LogP contribution in [-0.4, -0.2) is 39.3 Å². The van der Waals surface area contributed by atoms with Crippen LogP contribution in [0.15, 0.2) is 53.3 Å². The molecule has 134 valence electrons. The number of H-pyrrole nitrogens is 1. The fraction of sp³-hybridized carbons (Fsp3) is 0.211. The molecule has 0 atom stereocenters. The lowest BCUT2D eigenvalue weighted by Crippen LogP contribution is -2.33. The number of halogens is 1. The maximum absolute atomic E-state index is 13.1. The molecule has 2 aromatic carbocycles. The van der Waals surface area contributed by atoms with Crippen molar-refractivity contribution < 1.29 is 9.90 Å². The van der Waals surface area contributed by atoms with Crippen molar-refractivity contribution in [1.29, 1.82) is 0 Å². The van der Waals surface area contributed by atoms with Gasteiger partial charge in [-0.1, -0.05) is 41.9 Å². The van der Waals surface area contributed by atoms with Gasteiger partial charge in [0.1, 0.15) is 0 Å². The van der Waals surface area contributed by atoms with Gasteiger partial charge in [-0.05, 0) is 30.2 Å². The molecular formula is C19H18ClN3O3. The summed E-state index contributed by atoms with van der Waals surface area (Å²) >= 11 is 5.91. The third kappa shape index (κ3) is 3.92. The fourth-order valence-electron chi connectivity index (χ4n) is 2.75. The van der Waals surface area contributed by atoms with E-state index in [-0.39, 0.29) is 23.8 Å². The third-order valence-electron chi connectivity index (χ3n) is 4.06. The Hall–Kier alpha value is -2.70. The summed E-state index contributed by atoms with van der Waals surface area (Å²) in [6.07, 6.45) is 0.445. The first kappa shape index (κ1) is 18.1. The molecule has 0 saturated carbocycles. The number of carbonyl (C=O) groups excluding carboxylic acids is 1. The highest BCUT2D eigenvalue weighted by molar-refractivity contribution is 6.30. The first-order valence-corrected chi connectivity index (χ1v) is 8.60. The lowest BCUT2D eigenvalue weighted by Gasteiger charge is -2.22. The van der Waals surface area contributed by atoms with Crippen molar-refractivity contribution in [3.63, 3.8) is 0 Å². The zero-order valence-electron chi connectivity index (χ0n) is 14.0. The number of nitrogens with one attached hydrogen (secondary N) is 1. The van der Waals surface area contributed by atoms with Crippen molar-refractivity contribution in [2.45, 2.75) is 13.0 Å². The smallest absolute Gasteiger partial charge is 0.275 e. The van der Waals surface area contributed by atoms with E-state index < -0.39 is 0 Å². The summed E-state index contributed by atoms with van der Waals surface area (Å²) in [5, 5.41) is 17.1. The molecule has 0 aliphatic carbocycles. The Labute approximate surface area is 155 Å². The second-order valence-corrected chi connectivity index (χ2v) is 6.31. The number of aliphatic hydroxyl groups is 1. The number of amides is 1. The summed E-state index contributed by atoms with van der Waals surface area (Å²) in [4.78, 5) is 26.6. The highest BCUT2D eigenvalue weighted by atomic mass is 35.5. The molecule has 0 aliphatic heterocycles. The number of aromatic nitrogens is 2. The molecular weight excluding hydrogens is 354 g/mol. The first-order valence-electron chi connectivity index (χ1n) is 8.22. The number of aromatic amines is 1. The quantitative estimate of drug-likeness (QED) is 0.697. The van der Waals surface area contributed by atoms with Gasteiger partial charge in [0.15, 0.2) is 5.69 Å². The number of hydrogen-bond donors (Lipinski definition) is 2. The number of hydrogen-bond acceptors (Lipinski definition) is 4. The van der Waals surface area contributed by atoms with Crippen LogP contribution in [0.25, 0.3) is 10.8 Å². The lowest BCUT2D eigenvalue weighted by atomic mass is 10.1. The molecule has 2 N–H and O–H groups in total. The average Bonchev–Trinajstić information content (AvgIpc) is 2.67. The molecule has 0 aliphatic rings. The predicted molar refractivity (Wildman–Crippen MR) is 100 cm³/mol. The molecule has 6 nitrogen and oxygen atoms in total. The molecule has 0 radical (unpaired) electrons. The van der Waals surface area contributed by atoms with Crippen LogP contribution in [0.2, 0.25) is 5.02 Å². The zero-order valence-corrected chi connectivity index (χ0v) is 14.7. The van der Waals surface area contributed by atoms with Crippen LogP contribution in [0.1, 0.15) is 22.5 Å². The number of nitrogens with zero attached hydrogens (tertiary/aromatic N) is 2. The number of rotatable bonds is 6. The largest absolute Gasteiger partial charge is 0.396 e. The first-order chi connectivity index (χ1) is 12.6. The molecule has 26 heavy (non-hydrogen) atoms. The van der Waals surface area contributed by atoms with E-state index in [1.165, 1.54) is 0 Å². The topological polar surface area (TPSA) is 86.3 Å². The van der Waals surface area contributed by atoms with Gasteiger partial charge in [-0.2, -0.15) is 5.10 Å². The molecule has 1 aromatic heterocycles. The van der Waals surface area contributed by atoms with E-state index in [1.807, 2.05) is 12.1 Å². The maximum Gasteiger partial charge on any atom is 0.275 e. The Bertz CT molecular complexity index is 970. The van der Waals surface area contributed by atoms with Gasteiger partial charge in [-0.3, -0.25) is 9.59 Å². The van der Waals surface area contributed by atoms with Gasteiger partial charge < -0.3 is 10.0 Å². The van der Waals surface area contributed by atoms with Gasteiger partial charge in [-0.25, -0.2) is 5.10 Å². The van der Waals surface area contributed by atoms with E-state index >= 15 is 0 Å².